The number of carboxylic acids is 1. The van der Waals surface area contributed by atoms with Gasteiger partial charge >= 0.3 is 5.97 Å². The van der Waals surface area contributed by atoms with Crippen molar-refractivity contribution >= 4 is 16.9 Å². The molecule has 4 nitrogen and oxygen atoms in total. The number of hydrogen-bond donors (Lipinski definition) is 1. The molecule has 1 aromatic carbocycles. The summed E-state index contributed by atoms with van der Waals surface area (Å²) >= 11 is 0. The second-order valence-electron chi connectivity index (χ2n) is 5.29. The molecule has 0 unspecified atom stereocenters. The van der Waals surface area contributed by atoms with Gasteiger partial charge in [-0.3, -0.25) is 4.79 Å². The summed E-state index contributed by atoms with van der Waals surface area (Å²) in [5.74, 6) is -1.15. The number of carboxylic acid groups (broad SMARTS) is 1. The van der Waals surface area contributed by atoms with Crippen molar-refractivity contribution in [1.29, 1.82) is 0 Å². The number of benzene rings is 1. The first kappa shape index (κ1) is 12.0. The topological polar surface area (TPSA) is 59.3 Å². The molecule has 1 saturated carbocycles. The minimum Gasteiger partial charge on any atom is -0.477 e. The first-order valence-electron chi connectivity index (χ1n) is 6.38. The third kappa shape index (κ3) is 1.84. The highest BCUT2D eigenvalue weighted by Crippen LogP contribution is 2.37. The first-order chi connectivity index (χ1) is 8.99. The molecule has 0 amide bonds. The fourth-order valence-electron chi connectivity index (χ4n) is 2.68. The molecule has 19 heavy (non-hydrogen) atoms. The number of aromatic nitrogens is 1. The molecule has 98 valence electrons. The van der Waals surface area contributed by atoms with Gasteiger partial charge in [0.15, 0.2) is 0 Å². The third-order valence-corrected chi connectivity index (χ3v) is 3.63. The van der Waals surface area contributed by atoms with Crippen LogP contribution in [0.25, 0.3) is 10.9 Å². The van der Waals surface area contributed by atoms with Crippen LogP contribution in [-0.2, 0) is 0 Å². The van der Waals surface area contributed by atoms with E-state index in [-0.39, 0.29) is 11.0 Å². The van der Waals surface area contributed by atoms with Crippen LogP contribution in [-0.4, -0.2) is 15.6 Å². The molecule has 3 rings (SSSR count). The number of pyridine rings is 1. The molecule has 1 fully saturated rings. The Hall–Kier alpha value is -2.10. The van der Waals surface area contributed by atoms with Crippen LogP contribution in [0.15, 0.2) is 23.1 Å². The summed E-state index contributed by atoms with van der Waals surface area (Å²) < 4.78 is 1.97. The number of hydrogen-bond acceptors (Lipinski definition) is 2. The Labute approximate surface area is 110 Å². The molecular weight excluding hydrogens is 242 g/mol. The second kappa shape index (κ2) is 3.95. The Morgan fingerprint density at radius 3 is 2.58 bits per heavy atom. The van der Waals surface area contributed by atoms with Crippen LogP contribution < -0.4 is 5.43 Å². The summed E-state index contributed by atoms with van der Waals surface area (Å²) in [5.41, 5.74) is 2.36. The molecule has 1 aliphatic carbocycles. The van der Waals surface area contributed by atoms with Gasteiger partial charge in [0, 0.05) is 17.6 Å². The average Bonchev–Trinajstić information content (AvgIpc) is 3.13. The maximum absolute atomic E-state index is 12.3. The van der Waals surface area contributed by atoms with Crippen molar-refractivity contribution in [2.45, 2.75) is 32.7 Å². The molecule has 1 aliphatic rings. The molecule has 0 radical (unpaired) electrons. The fourth-order valence-corrected chi connectivity index (χ4v) is 2.68. The van der Waals surface area contributed by atoms with E-state index in [1.165, 1.54) is 6.20 Å². The van der Waals surface area contributed by atoms with Gasteiger partial charge in [0.25, 0.3) is 0 Å². The second-order valence-corrected chi connectivity index (χ2v) is 5.29. The summed E-state index contributed by atoms with van der Waals surface area (Å²) in [6.45, 7) is 3.88. The predicted molar refractivity (Wildman–Crippen MR) is 72.9 cm³/mol. The van der Waals surface area contributed by atoms with Gasteiger partial charge in [-0.15, -0.1) is 0 Å². The van der Waals surface area contributed by atoms with Crippen molar-refractivity contribution in [1.82, 2.24) is 4.57 Å². The minimum absolute atomic E-state index is 0.135. The van der Waals surface area contributed by atoms with E-state index < -0.39 is 5.97 Å². The summed E-state index contributed by atoms with van der Waals surface area (Å²) in [6, 6.07) is 4.15. The maximum atomic E-state index is 12.3. The zero-order valence-electron chi connectivity index (χ0n) is 10.9. The highest BCUT2D eigenvalue weighted by Gasteiger charge is 2.27. The van der Waals surface area contributed by atoms with Crippen molar-refractivity contribution in [3.8, 4) is 0 Å². The van der Waals surface area contributed by atoms with Crippen molar-refractivity contribution < 1.29 is 9.90 Å². The molecule has 1 aromatic heterocycles. The molecule has 2 aromatic rings. The summed E-state index contributed by atoms with van der Waals surface area (Å²) in [7, 11) is 0. The van der Waals surface area contributed by atoms with Crippen LogP contribution in [0.4, 0.5) is 0 Å². The molecule has 1 heterocycles. The Bertz CT molecular complexity index is 754. The predicted octanol–water partition coefficient (Wildman–Crippen LogP) is 2.65. The average molecular weight is 257 g/mol. The van der Waals surface area contributed by atoms with Gasteiger partial charge in [0.05, 0.1) is 5.52 Å². The lowest BCUT2D eigenvalue weighted by Gasteiger charge is -2.14. The summed E-state index contributed by atoms with van der Waals surface area (Å²) in [6.07, 6.45) is 3.60. The van der Waals surface area contributed by atoms with Crippen LogP contribution in [0.5, 0.6) is 0 Å². The van der Waals surface area contributed by atoms with E-state index in [1.807, 2.05) is 24.5 Å². The monoisotopic (exact) mass is 257 g/mol. The lowest BCUT2D eigenvalue weighted by Crippen LogP contribution is -2.19. The van der Waals surface area contributed by atoms with Crippen molar-refractivity contribution in [2.24, 2.45) is 0 Å². The quantitative estimate of drug-likeness (QED) is 0.899. The number of aromatic carboxylic acids is 1. The highest BCUT2D eigenvalue weighted by atomic mass is 16.4. The van der Waals surface area contributed by atoms with Gasteiger partial charge in [-0.25, -0.2) is 4.79 Å². The van der Waals surface area contributed by atoms with Crippen LogP contribution in [0.3, 0.4) is 0 Å². The van der Waals surface area contributed by atoms with Gasteiger partial charge in [-0.1, -0.05) is 6.07 Å². The smallest absolute Gasteiger partial charge is 0.341 e. The van der Waals surface area contributed by atoms with E-state index in [9.17, 15) is 14.7 Å². The molecule has 0 saturated heterocycles. The molecule has 0 atom stereocenters. The maximum Gasteiger partial charge on any atom is 0.341 e. The van der Waals surface area contributed by atoms with E-state index in [4.69, 9.17) is 0 Å². The molecule has 0 spiro atoms. The molecule has 0 bridgehead atoms. The Morgan fingerprint density at radius 2 is 2.00 bits per heavy atom. The lowest BCUT2D eigenvalue weighted by atomic mass is 10.0. The molecule has 1 N–H and O–H groups in total. The van der Waals surface area contributed by atoms with E-state index in [0.29, 0.717) is 11.4 Å². The number of carbonyl (C=O) groups is 1. The van der Waals surface area contributed by atoms with Crippen molar-refractivity contribution in [2.75, 3.05) is 0 Å². The summed E-state index contributed by atoms with van der Waals surface area (Å²) in [5, 5.41) is 9.69. The van der Waals surface area contributed by atoms with Crippen molar-refractivity contribution in [3.05, 3.63) is 45.2 Å². The number of rotatable bonds is 2. The largest absolute Gasteiger partial charge is 0.477 e. The van der Waals surface area contributed by atoms with E-state index in [1.54, 1.807) is 6.07 Å². The first-order valence-corrected chi connectivity index (χ1v) is 6.38. The fraction of sp³-hybridized carbons (Fsp3) is 0.333. The van der Waals surface area contributed by atoms with Gasteiger partial charge in [-0.05, 0) is 43.9 Å². The summed E-state index contributed by atoms with van der Waals surface area (Å²) in [4.78, 5) is 23.5. The van der Waals surface area contributed by atoms with Crippen LogP contribution >= 0.6 is 0 Å². The lowest BCUT2D eigenvalue weighted by molar-refractivity contribution is 0.0695. The van der Waals surface area contributed by atoms with Crippen LogP contribution in [0, 0.1) is 13.8 Å². The SMILES string of the molecule is Cc1cc(C)c2c(c1)c(=O)c(C(=O)O)cn2C1CC1. The zero-order valence-corrected chi connectivity index (χ0v) is 10.9. The van der Waals surface area contributed by atoms with Crippen LogP contribution in [0.2, 0.25) is 0 Å². The van der Waals surface area contributed by atoms with Gasteiger partial charge in [0.1, 0.15) is 5.56 Å². The van der Waals surface area contributed by atoms with Gasteiger partial charge in [0.2, 0.25) is 5.43 Å². The normalized spacial score (nSPS) is 14.8. The van der Waals surface area contributed by atoms with E-state index in [2.05, 4.69) is 0 Å². The van der Waals surface area contributed by atoms with Gasteiger partial charge < -0.3 is 9.67 Å². The molecule has 4 heteroatoms. The Morgan fingerprint density at radius 1 is 1.32 bits per heavy atom. The standard InChI is InChI=1S/C15H15NO3/c1-8-5-9(2)13-11(6-8)14(17)12(15(18)19)7-16(13)10-3-4-10/h5-7,10H,3-4H2,1-2H3,(H,18,19). The number of nitrogens with zero attached hydrogens (tertiary/aromatic N) is 1. The zero-order chi connectivity index (χ0) is 13.7. The highest BCUT2D eigenvalue weighted by molar-refractivity contribution is 5.93. The van der Waals surface area contributed by atoms with Crippen molar-refractivity contribution in [3.63, 3.8) is 0 Å². The number of aryl methyl sites for hydroxylation is 2. The minimum atomic E-state index is -1.15. The van der Waals surface area contributed by atoms with Gasteiger partial charge in [-0.2, -0.15) is 0 Å². The third-order valence-electron chi connectivity index (χ3n) is 3.63. The van der Waals surface area contributed by atoms with E-state index in [0.717, 1.165) is 29.5 Å². The molecular formula is C15H15NO3. The van der Waals surface area contributed by atoms with Crippen LogP contribution in [0.1, 0.15) is 40.4 Å². The number of fused-ring (bicyclic) bond motifs is 1. The Kier molecular flexibility index (Phi) is 2.49. The van der Waals surface area contributed by atoms with E-state index >= 15 is 0 Å². The Balaban J connectivity index is 2.49. The molecule has 0 aliphatic heterocycles.